The summed E-state index contributed by atoms with van der Waals surface area (Å²) in [5.41, 5.74) is 0. The molecule has 2 nitrogen and oxygen atoms in total. The second kappa shape index (κ2) is 11.7. The molecule has 0 saturated heterocycles. The number of allylic oxidation sites excluding steroid dienone is 2. The number of rotatable bonds is 11. The van der Waals surface area contributed by atoms with Crippen LogP contribution in [0.3, 0.4) is 0 Å². The average molecular weight is 240 g/mol. The lowest BCUT2D eigenvalue weighted by Gasteiger charge is -2.03. The summed E-state index contributed by atoms with van der Waals surface area (Å²) in [6, 6.07) is 0. The molecule has 0 heterocycles. The predicted molar refractivity (Wildman–Crippen MR) is 73.2 cm³/mol. The fourth-order valence-electron chi connectivity index (χ4n) is 1.76. The lowest BCUT2D eigenvalue weighted by Crippen LogP contribution is -2.08. The van der Waals surface area contributed by atoms with Crippen molar-refractivity contribution in [2.45, 2.75) is 71.6 Å². The van der Waals surface area contributed by atoms with Crippen LogP contribution >= 0.6 is 0 Å². The third-order valence-electron chi connectivity index (χ3n) is 3.07. The maximum Gasteiger partial charge on any atom is 0.306 e. The van der Waals surface area contributed by atoms with Crippen molar-refractivity contribution >= 4 is 5.97 Å². The Hall–Kier alpha value is -0.790. The summed E-state index contributed by atoms with van der Waals surface area (Å²) in [6.07, 6.45) is 15.1. The van der Waals surface area contributed by atoms with Crippen LogP contribution in [-0.2, 0) is 4.79 Å². The molecule has 0 aromatic rings. The summed E-state index contributed by atoms with van der Waals surface area (Å²) in [6.45, 7) is 4.01. The number of hydrogen-bond donors (Lipinski definition) is 1. The Bertz CT molecular complexity index is 209. The van der Waals surface area contributed by atoms with Crippen molar-refractivity contribution in [1.82, 2.24) is 0 Å². The molecule has 0 aromatic carbocycles. The van der Waals surface area contributed by atoms with E-state index in [1.54, 1.807) is 6.92 Å². The maximum atomic E-state index is 10.6. The smallest absolute Gasteiger partial charge is 0.306 e. The van der Waals surface area contributed by atoms with Crippen LogP contribution in [0, 0.1) is 5.92 Å². The highest BCUT2D eigenvalue weighted by molar-refractivity contribution is 5.69. The third kappa shape index (κ3) is 11.5. The van der Waals surface area contributed by atoms with Gasteiger partial charge in [-0.25, -0.2) is 0 Å². The molecule has 2 heteroatoms. The summed E-state index contributed by atoms with van der Waals surface area (Å²) >= 11 is 0. The Kier molecular flexibility index (Phi) is 11.1. The van der Waals surface area contributed by atoms with Crippen molar-refractivity contribution in [3.05, 3.63) is 12.2 Å². The first-order valence-electron chi connectivity index (χ1n) is 7.06. The number of carboxylic acid groups (broad SMARTS) is 1. The molecule has 0 amide bonds. The normalized spacial score (nSPS) is 13.1. The molecule has 0 spiro atoms. The lowest BCUT2D eigenvalue weighted by atomic mass is 10.0. The van der Waals surface area contributed by atoms with Gasteiger partial charge in [0.1, 0.15) is 0 Å². The van der Waals surface area contributed by atoms with Crippen molar-refractivity contribution in [1.29, 1.82) is 0 Å². The minimum Gasteiger partial charge on any atom is -0.481 e. The van der Waals surface area contributed by atoms with E-state index in [1.165, 1.54) is 32.1 Å². The number of carbonyl (C=O) groups is 1. The quantitative estimate of drug-likeness (QED) is 0.416. The molecule has 1 atom stereocenters. The van der Waals surface area contributed by atoms with Gasteiger partial charge in [0.2, 0.25) is 0 Å². The standard InChI is InChI=1S/C15H28O2/c1-3-4-5-6-7-8-9-10-11-12-13-14(2)15(16)17/h8-9,14H,3-7,10-13H2,1-2H3,(H,16,17). The van der Waals surface area contributed by atoms with Gasteiger partial charge in [-0.3, -0.25) is 4.79 Å². The second-order valence-electron chi connectivity index (χ2n) is 4.84. The predicted octanol–water partition coefficient (Wildman–Crippen LogP) is 4.79. The first kappa shape index (κ1) is 16.2. The van der Waals surface area contributed by atoms with Crippen LogP contribution in [0.5, 0.6) is 0 Å². The van der Waals surface area contributed by atoms with E-state index in [1.807, 2.05) is 0 Å². The van der Waals surface area contributed by atoms with E-state index in [9.17, 15) is 4.79 Å². The Morgan fingerprint density at radius 1 is 1.06 bits per heavy atom. The van der Waals surface area contributed by atoms with Crippen molar-refractivity contribution in [3.8, 4) is 0 Å². The zero-order chi connectivity index (χ0) is 12.9. The van der Waals surface area contributed by atoms with Crippen molar-refractivity contribution in [2.24, 2.45) is 5.92 Å². The molecule has 1 N–H and O–H groups in total. The molecule has 0 radical (unpaired) electrons. The van der Waals surface area contributed by atoms with E-state index in [0.717, 1.165) is 25.7 Å². The van der Waals surface area contributed by atoms with Gasteiger partial charge in [-0.15, -0.1) is 0 Å². The minimum absolute atomic E-state index is 0.187. The molecule has 0 aliphatic rings. The van der Waals surface area contributed by atoms with Crippen molar-refractivity contribution in [2.75, 3.05) is 0 Å². The van der Waals surface area contributed by atoms with Gasteiger partial charge in [-0.05, 0) is 32.1 Å². The summed E-state index contributed by atoms with van der Waals surface area (Å²) in [5.74, 6) is -0.857. The van der Waals surface area contributed by atoms with E-state index in [0.29, 0.717) is 0 Å². The SMILES string of the molecule is CCCCCCC=CCCCCC(C)C(=O)O. The number of aliphatic carboxylic acids is 1. The molecule has 17 heavy (non-hydrogen) atoms. The summed E-state index contributed by atoms with van der Waals surface area (Å²) in [7, 11) is 0. The van der Waals surface area contributed by atoms with E-state index in [2.05, 4.69) is 19.1 Å². The van der Waals surface area contributed by atoms with Crippen LogP contribution in [0.15, 0.2) is 12.2 Å². The molecular formula is C15H28O2. The largest absolute Gasteiger partial charge is 0.481 e. The van der Waals surface area contributed by atoms with E-state index in [-0.39, 0.29) is 5.92 Å². The minimum atomic E-state index is -0.670. The van der Waals surface area contributed by atoms with E-state index >= 15 is 0 Å². The average Bonchev–Trinajstić information content (AvgIpc) is 2.31. The Morgan fingerprint density at radius 2 is 1.65 bits per heavy atom. The summed E-state index contributed by atoms with van der Waals surface area (Å²) < 4.78 is 0. The Balaban J connectivity index is 3.22. The topological polar surface area (TPSA) is 37.3 Å². The zero-order valence-electron chi connectivity index (χ0n) is 11.5. The van der Waals surface area contributed by atoms with Gasteiger partial charge in [-0.1, -0.05) is 51.7 Å². The molecule has 0 aliphatic heterocycles. The molecule has 0 rings (SSSR count). The first-order chi connectivity index (χ1) is 8.18. The highest BCUT2D eigenvalue weighted by Gasteiger charge is 2.08. The van der Waals surface area contributed by atoms with E-state index < -0.39 is 5.97 Å². The highest BCUT2D eigenvalue weighted by atomic mass is 16.4. The van der Waals surface area contributed by atoms with Gasteiger partial charge in [0, 0.05) is 0 Å². The lowest BCUT2D eigenvalue weighted by molar-refractivity contribution is -0.141. The van der Waals surface area contributed by atoms with Crippen molar-refractivity contribution in [3.63, 3.8) is 0 Å². The van der Waals surface area contributed by atoms with Gasteiger partial charge in [0.25, 0.3) is 0 Å². The fourth-order valence-corrected chi connectivity index (χ4v) is 1.76. The zero-order valence-corrected chi connectivity index (χ0v) is 11.5. The van der Waals surface area contributed by atoms with Crippen molar-refractivity contribution < 1.29 is 9.90 Å². The number of carboxylic acids is 1. The van der Waals surface area contributed by atoms with Gasteiger partial charge in [-0.2, -0.15) is 0 Å². The molecule has 0 fully saturated rings. The van der Waals surface area contributed by atoms with E-state index in [4.69, 9.17) is 5.11 Å². The number of unbranched alkanes of at least 4 members (excludes halogenated alkanes) is 6. The molecule has 1 unspecified atom stereocenters. The highest BCUT2D eigenvalue weighted by Crippen LogP contribution is 2.10. The monoisotopic (exact) mass is 240 g/mol. The van der Waals surface area contributed by atoms with Crippen LogP contribution in [0.2, 0.25) is 0 Å². The molecule has 100 valence electrons. The second-order valence-corrected chi connectivity index (χ2v) is 4.84. The fraction of sp³-hybridized carbons (Fsp3) is 0.800. The van der Waals surface area contributed by atoms with Gasteiger partial charge in [0.05, 0.1) is 5.92 Å². The molecule has 0 bridgehead atoms. The Labute approximate surface area is 106 Å². The molecular weight excluding hydrogens is 212 g/mol. The van der Waals surface area contributed by atoms with Gasteiger partial charge < -0.3 is 5.11 Å². The first-order valence-corrected chi connectivity index (χ1v) is 7.06. The maximum absolute atomic E-state index is 10.6. The summed E-state index contributed by atoms with van der Waals surface area (Å²) in [4.78, 5) is 10.6. The van der Waals surface area contributed by atoms with Crippen LogP contribution < -0.4 is 0 Å². The van der Waals surface area contributed by atoms with Crippen LogP contribution in [0.25, 0.3) is 0 Å². The van der Waals surface area contributed by atoms with Gasteiger partial charge in [0.15, 0.2) is 0 Å². The molecule has 0 aliphatic carbocycles. The van der Waals surface area contributed by atoms with Crippen LogP contribution in [-0.4, -0.2) is 11.1 Å². The Morgan fingerprint density at radius 3 is 2.18 bits per heavy atom. The molecule has 0 aromatic heterocycles. The summed E-state index contributed by atoms with van der Waals surface area (Å²) in [5, 5.41) is 8.71. The molecule has 0 saturated carbocycles. The number of hydrogen-bond acceptors (Lipinski definition) is 1. The van der Waals surface area contributed by atoms with Gasteiger partial charge >= 0.3 is 5.97 Å². The van der Waals surface area contributed by atoms with Crippen LogP contribution in [0.4, 0.5) is 0 Å². The van der Waals surface area contributed by atoms with Crippen LogP contribution in [0.1, 0.15) is 71.6 Å². The third-order valence-corrected chi connectivity index (χ3v) is 3.07.